The molecule has 1 rings (SSSR count). The Bertz CT molecular complexity index is 495. The number of alkyl carbamates (subject to hydrolysis) is 1. The number of rotatable bonds is 5. The highest BCUT2D eigenvalue weighted by molar-refractivity contribution is 6.42. The highest BCUT2D eigenvalue weighted by Crippen LogP contribution is 2.27. The summed E-state index contributed by atoms with van der Waals surface area (Å²) in [4.78, 5) is 24.3. The van der Waals surface area contributed by atoms with Crippen LogP contribution >= 0.6 is 23.2 Å². The molecule has 0 fully saturated rings. The first-order valence-electron chi connectivity index (χ1n) is 6.09. The SMILES string of the molecule is CCOC(=O)NCCN(C(C)=O)c1ccc(Cl)c(Cl)c1. The summed E-state index contributed by atoms with van der Waals surface area (Å²) in [5, 5.41) is 3.34. The van der Waals surface area contributed by atoms with Crippen molar-refractivity contribution in [3.63, 3.8) is 0 Å². The molecule has 5 nitrogen and oxygen atoms in total. The molecule has 0 unspecified atom stereocenters. The Balaban J connectivity index is 2.67. The topological polar surface area (TPSA) is 58.6 Å². The zero-order valence-corrected chi connectivity index (χ0v) is 12.8. The molecule has 1 aromatic rings. The average molecular weight is 319 g/mol. The number of halogens is 2. The molecule has 0 saturated carbocycles. The van der Waals surface area contributed by atoms with Gasteiger partial charge < -0.3 is 15.0 Å². The molecule has 110 valence electrons. The van der Waals surface area contributed by atoms with E-state index in [1.807, 2.05) is 0 Å². The summed E-state index contributed by atoms with van der Waals surface area (Å²) in [5.74, 6) is -0.158. The fraction of sp³-hybridized carbons (Fsp3) is 0.385. The zero-order chi connectivity index (χ0) is 15.1. The van der Waals surface area contributed by atoms with Gasteiger partial charge in [-0.2, -0.15) is 0 Å². The molecule has 0 saturated heterocycles. The standard InChI is InChI=1S/C13H16Cl2N2O3/c1-3-20-13(19)16-6-7-17(9(2)18)10-4-5-11(14)12(15)8-10/h4-5,8H,3,6-7H2,1-2H3,(H,16,19). The van der Waals surface area contributed by atoms with E-state index in [4.69, 9.17) is 27.9 Å². The number of hydrogen-bond donors (Lipinski definition) is 1. The number of carbonyl (C=O) groups excluding carboxylic acids is 2. The van der Waals surface area contributed by atoms with Crippen molar-refractivity contribution >= 4 is 40.9 Å². The minimum Gasteiger partial charge on any atom is -0.450 e. The molecule has 2 amide bonds. The van der Waals surface area contributed by atoms with Gasteiger partial charge in [0.15, 0.2) is 0 Å². The lowest BCUT2D eigenvalue weighted by molar-refractivity contribution is -0.116. The van der Waals surface area contributed by atoms with Crippen LogP contribution in [0.1, 0.15) is 13.8 Å². The first-order valence-corrected chi connectivity index (χ1v) is 6.85. The van der Waals surface area contributed by atoms with Crippen molar-refractivity contribution in [3.8, 4) is 0 Å². The monoisotopic (exact) mass is 318 g/mol. The molecule has 0 aliphatic rings. The van der Waals surface area contributed by atoms with Gasteiger partial charge in [0, 0.05) is 25.7 Å². The van der Waals surface area contributed by atoms with Crippen molar-refractivity contribution in [1.29, 1.82) is 0 Å². The molecule has 0 heterocycles. The maximum Gasteiger partial charge on any atom is 0.407 e. The number of amides is 2. The van der Waals surface area contributed by atoms with Gasteiger partial charge in [0.05, 0.1) is 16.7 Å². The smallest absolute Gasteiger partial charge is 0.407 e. The Hall–Kier alpha value is -1.46. The summed E-state index contributed by atoms with van der Waals surface area (Å²) in [6, 6.07) is 4.92. The molecular formula is C13H16Cl2N2O3. The van der Waals surface area contributed by atoms with Gasteiger partial charge in [-0.15, -0.1) is 0 Å². The van der Waals surface area contributed by atoms with E-state index < -0.39 is 6.09 Å². The van der Waals surface area contributed by atoms with Gasteiger partial charge in [-0.05, 0) is 25.1 Å². The van der Waals surface area contributed by atoms with E-state index in [1.54, 1.807) is 25.1 Å². The van der Waals surface area contributed by atoms with E-state index in [2.05, 4.69) is 5.32 Å². The summed E-state index contributed by atoms with van der Waals surface area (Å²) in [5.41, 5.74) is 0.623. The van der Waals surface area contributed by atoms with Gasteiger partial charge in [-0.1, -0.05) is 23.2 Å². The lowest BCUT2D eigenvalue weighted by Gasteiger charge is -2.21. The summed E-state index contributed by atoms with van der Waals surface area (Å²) < 4.78 is 4.73. The second-order valence-corrected chi connectivity index (χ2v) is 4.73. The summed E-state index contributed by atoms with van der Waals surface area (Å²) in [6.07, 6.45) is -0.509. The van der Waals surface area contributed by atoms with Crippen LogP contribution in [-0.2, 0) is 9.53 Å². The Morgan fingerprint density at radius 2 is 2.00 bits per heavy atom. The quantitative estimate of drug-likeness (QED) is 0.907. The van der Waals surface area contributed by atoms with Crippen molar-refractivity contribution < 1.29 is 14.3 Å². The van der Waals surface area contributed by atoms with Crippen molar-refractivity contribution in [2.45, 2.75) is 13.8 Å². The van der Waals surface area contributed by atoms with Gasteiger partial charge in [-0.3, -0.25) is 4.79 Å². The molecule has 1 N–H and O–H groups in total. The third kappa shape index (κ3) is 4.90. The van der Waals surface area contributed by atoms with E-state index in [-0.39, 0.29) is 12.5 Å². The fourth-order valence-corrected chi connectivity index (χ4v) is 1.87. The number of nitrogens with zero attached hydrogens (tertiary/aromatic N) is 1. The molecular weight excluding hydrogens is 303 g/mol. The normalized spacial score (nSPS) is 10.0. The van der Waals surface area contributed by atoms with Crippen LogP contribution in [0.2, 0.25) is 10.0 Å². The number of anilines is 1. The molecule has 1 aromatic carbocycles. The van der Waals surface area contributed by atoms with E-state index in [9.17, 15) is 9.59 Å². The maximum atomic E-state index is 11.6. The van der Waals surface area contributed by atoms with Gasteiger partial charge in [0.2, 0.25) is 5.91 Å². The zero-order valence-electron chi connectivity index (χ0n) is 11.3. The Morgan fingerprint density at radius 1 is 1.30 bits per heavy atom. The van der Waals surface area contributed by atoms with E-state index in [0.29, 0.717) is 28.9 Å². The highest BCUT2D eigenvalue weighted by atomic mass is 35.5. The summed E-state index contributed by atoms with van der Waals surface area (Å²) in [6.45, 7) is 4.05. The van der Waals surface area contributed by atoms with Crippen molar-refractivity contribution in [1.82, 2.24) is 5.32 Å². The van der Waals surface area contributed by atoms with Crippen molar-refractivity contribution in [2.24, 2.45) is 0 Å². The summed E-state index contributed by atoms with van der Waals surface area (Å²) in [7, 11) is 0. The number of ether oxygens (including phenoxy) is 1. The van der Waals surface area contributed by atoms with Gasteiger partial charge in [0.25, 0.3) is 0 Å². The van der Waals surface area contributed by atoms with Crippen LogP contribution in [-0.4, -0.2) is 31.7 Å². The van der Waals surface area contributed by atoms with E-state index >= 15 is 0 Å². The minimum absolute atomic E-state index is 0.158. The molecule has 0 bridgehead atoms. The number of nitrogens with one attached hydrogen (secondary N) is 1. The first-order chi connectivity index (χ1) is 9.45. The lowest BCUT2D eigenvalue weighted by Crippen LogP contribution is -2.37. The molecule has 0 radical (unpaired) electrons. The molecule has 0 spiro atoms. The van der Waals surface area contributed by atoms with Gasteiger partial charge >= 0.3 is 6.09 Å². The first kappa shape index (κ1) is 16.6. The number of hydrogen-bond acceptors (Lipinski definition) is 3. The predicted octanol–water partition coefficient (Wildman–Crippen LogP) is 3.09. The summed E-state index contributed by atoms with van der Waals surface area (Å²) >= 11 is 11.8. The third-order valence-electron chi connectivity index (χ3n) is 2.48. The molecule has 0 atom stereocenters. The van der Waals surface area contributed by atoms with Crippen molar-refractivity contribution in [2.75, 3.05) is 24.6 Å². The van der Waals surface area contributed by atoms with E-state index in [1.165, 1.54) is 11.8 Å². The molecule has 0 aromatic heterocycles. The van der Waals surface area contributed by atoms with Crippen LogP contribution in [0.15, 0.2) is 18.2 Å². The van der Waals surface area contributed by atoms with Gasteiger partial charge in [-0.25, -0.2) is 4.79 Å². The van der Waals surface area contributed by atoms with Crippen LogP contribution in [0.4, 0.5) is 10.5 Å². The molecule has 0 aliphatic heterocycles. The maximum absolute atomic E-state index is 11.6. The largest absolute Gasteiger partial charge is 0.450 e. The third-order valence-corrected chi connectivity index (χ3v) is 3.21. The van der Waals surface area contributed by atoms with Crippen LogP contribution < -0.4 is 10.2 Å². The van der Waals surface area contributed by atoms with Crippen LogP contribution in [0.3, 0.4) is 0 Å². The van der Waals surface area contributed by atoms with Crippen molar-refractivity contribution in [3.05, 3.63) is 28.2 Å². The fourth-order valence-electron chi connectivity index (χ4n) is 1.57. The Morgan fingerprint density at radius 3 is 2.55 bits per heavy atom. The second kappa shape index (κ2) is 7.97. The minimum atomic E-state index is -0.509. The number of benzene rings is 1. The lowest BCUT2D eigenvalue weighted by atomic mass is 10.2. The van der Waals surface area contributed by atoms with Crippen LogP contribution in [0, 0.1) is 0 Å². The molecule has 0 aliphatic carbocycles. The highest BCUT2D eigenvalue weighted by Gasteiger charge is 2.13. The van der Waals surface area contributed by atoms with E-state index in [0.717, 1.165) is 0 Å². The van der Waals surface area contributed by atoms with Crippen LogP contribution in [0.25, 0.3) is 0 Å². The Kier molecular flexibility index (Phi) is 6.61. The average Bonchev–Trinajstić information content (AvgIpc) is 2.38. The Labute approximate surface area is 127 Å². The van der Waals surface area contributed by atoms with Gasteiger partial charge in [0.1, 0.15) is 0 Å². The van der Waals surface area contributed by atoms with Crippen LogP contribution in [0.5, 0.6) is 0 Å². The second-order valence-electron chi connectivity index (χ2n) is 3.92. The predicted molar refractivity (Wildman–Crippen MR) is 79.5 cm³/mol. The number of carbonyl (C=O) groups is 2. The molecule has 7 heteroatoms. The molecule has 20 heavy (non-hydrogen) atoms.